The largest absolute Gasteiger partial charge is 0.490 e. The van der Waals surface area contributed by atoms with Crippen LogP contribution in [0.3, 0.4) is 0 Å². The zero-order chi connectivity index (χ0) is 15.2. The third kappa shape index (κ3) is 4.06. The highest BCUT2D eigenvalue weighted by molar-refractivity contribution is 6.31. The summed E-state index contributed by atoms with van der Waals surface area (Å²) in [5.74, 6) is 0.450. The van der Waals surface area contributed by atoms with Crippen LogP contribution in [0.2, 0.25) is 5.02 Å². The molecule has 0 spiro atoms. The SMILES string of the molecule is COCCOc1ccccc1C(=O)c1cc(C)cc(Cl)c1. The molecule has 2 aromatic carbocycles. The maximum Gasteiger partial charge on any atom is 0.196 e. The molecule has 0 radical (unpaired) electrons. The molecule has 110 valence electrons. The van der Waals surface area contributed by atoms with Crippen LogP contribution >= 0.6 is 11.6 Å². The molecule has 2 rings (SSSR count). The molecule has 21 heavy (non-hydrogen) atoms. The fourth-order valence-corrected chi connectivity index (χ4v) is 2.33. The van der Waals surface area contributed by atoms with Gasteiger partial charge in [0.2, 0.25) is 0 Å². The molecule has 2 aromatic rings. The molecule has 0 bridgehead atoms. The zero-order valence-electron chi connectivity index (χ0n) is 12.1. The number of hydrogen-bond acceptors (Lipinski definition) is 3. The van der Waals surface area contributed by atoms with Crippen LogP contribution in [0.4, 0.5) is 0 Å². The third-order valence-electron chi connectivity index (χ3n) is 2.98. The number of ketones is 1. The van der Waals surface area contributed by atoms with Crippen molar-refractivity contribution >= 4 is 17.4 Å². The fourth-order valence-electron chi connectivity index (χ4n) is 2.04. The van der Waals surface area contributed by atoms with Gasteiger partial charge in [0.05, 0.1) is 12.2 Å². The average Bonchev–Trinajstić information content (AvgIpc) is 2.46. The van der Waals surface area contributed by atoms with Gasteiger partial charge >= 0.3 is 0 Å². The summed E-state index contributed by atoms with van der Waals surface area (Å²) in [6, 6.07) is 12.5. The normalized spacial score (nSPS) is 10.4. The van der Waals surface area contributed by atoms with Gasteiger partial charge in [-0.1, -0.05) is 23.7 Å². The van der Waals surface area contributed by atoms with Crippen LogP contribution in [-0.2, 0) is 4.74 Å². The summed E-state index contributed by atoms with van der Waals surface area (Å²) >= 11 is 6.02. The maximum absolute atomic E-state index is 12.6. The topological polar surface area (TPSA) is 35.5 Å². The van der Waals surface area contributed by atoms with Crippen molar-refractivity contribution in [2.75, 3.05) is 20.3 Å². The highest BCUT2D eigenvalue weighted by Crippen LogP contribution is 2.23. The van der Waals surface area contributed by atoms with Crippen LogP contribution in [-0.4, -0.2) is 26.1 Å². The van der Waals surface area contributed by atoms with Gasteiger partial charge in [-0.2, -0.15) is 0 Å². The number of benzene rings is 2. The van der Waals surface area contributed by atoms with E-state index in [4.69, 9.17) is 21.1 Å². The van der Waals surface area contributed by atoms with Crippen molar-refractivity contribution in [3.05, 3.63) is 64.2 Å². The summed E-state index contributed by atoms with van der Waals surface area (Å²) in [5, 5.41) is 0.552. The average molecular weight is 305 g/mol. The van der Waals surface area contributed by atoms with Gasteiger partial charge in [-0.15, -0.1) is 0 Å². The molecule has 0 amide bonds. The maximum atomic E-state index is 12.6. The predicted octanol–water partition coefficient (Wildman–Crippen LogP) is 3.90. The first-order chi connectivity index (χ1) is 10.1. The monoisotopic (exact) mass is 304 g/mol. The smallest absolute Gasteiger partial charge is 0.196 e. The molecule has 0 unspecified atom stereocenters. The minimum atomic E-state index is -0.103. The molecular formula is C17H17ClO3. The van der Waals surface area contributed by atoms with Crippen LogP contribution < -0.4 is 4.74 Å². The molecule has 0 aliphatic rings. The predicted molar refractivity (Wildman–Crippen MR) is 83.4 cm³/mol. The molecule has 3 nitrogen and oxygen atoms in total. The van der Waals surface area contributed by atoms with Gasteiger partial charge in [0.1, 0.15) is 12.4 Å². The molecule has 0 fully saturated rings. The first-order valence-electron chi connectivity index (χ1n) is 6.64. The number of halogens is 1. The Kier molecular flexibility index (Phi) is 5.37. The van der Waals surface area contributed by atoms with E-state index in [-0.39, 0.29) is 5.78 Å². The Morgan fingerprint density at radius 1 is 1.14 bits per heavy atom. The minimum Gasteiger partial charge on any atom is -0.490 e. The lowest BCUT2D eigenvalue weighted by Crippen LogP contribution is -2.09. The van der Waals surface area contributed by atoms with E-state index in [1.807, 2.05) is 31.2 Å². The van der Waals surface area contributed by atoms with E-state index in [2.05, 4.69) is 0 Å². The van der Waals surface area contributed by atoms with Crippen LogP contribution in [0.25, 0.3) is 0 Å². The zero-order valence-corrected chi connectivity index (χ0v) is 12.8. The highest BCUT2D eigenvalue weighted by Gasteiger charge is 2.15. The Hall–Kier alpha value is -1.84. The number of aryl methyl sites for hydroxylation is 1. The van der Waals surface area contributed by atoms with E-state index in [9.17, 15) is 4.79 Å². The lowest BCUT2D eigenvalue weighted by Gasteiger charge is -2.11. The molecule has 0 saturated heterocycles. The van der Waals surface area contributed by atoms with Gasteiger partial charge in [0, 0.05) is 17.7 Å². The van der Waals surface area contributed by atoms with Gasteiger partial charge in [-0.25, -0.2) is 0 Å². The summed E-state index contributed by atoms with van der Waals surface area (Å²) in [7, 11) is 1.61. The second kappa shape index (κ2) is 7.25. The number of para-hydroxylation sites is 1. The van der Waals surface area contributed by atoms with Crippen molar-refractivity contribution in [3.8, 4) is 5.75 Å². The summed E-state index contributed by atoms with van der Waals surface area (Å²) in [4.78, 5) is 12.6. The lowest BCUT2D eigenvalue weighted by molar-refractivity contribution is 0.103. The van der Waals surface area contributed by atoms with Crippen molar-refractivity contribution in [2.45, 2.75) is 6.92 Å². The fraction of sp³-hybridized carbons (Fsp3) is 0.235. The molecule has 0 aromatic heterocycles. The van der Waals surface area contributed by atoms with Crippen LogP contribution in [0.1, 0.15) is 21.5 Å². The highest BCUT2D eigenvalue weighted by atomic mass is 35.5. The van der Waals surface area contributed by atoms with E-state index in [1.54, 1.807) is 25.3 Å². The first-order valence-corrected chi connectivity index (χ1v) is 7.02. The molecule has 0 aliphatic heterocycles. The van der Waals surface area contributed by atoms with Gasteiger partial charge in [0.15, 0.2) is 5.78 Å². The van der Waals surface area contributed by atoms with Gasteiger partial charge < -0.3 is 9.47 Å². The van der Waals surface area contributed by atoms with E-state index >= 15 is 0 Å². The minimum absolute atomic E-state index is 0.103. The molecule has 0 saturated carbocycles. The molecular weight excluding hydrogens is 288 g/mol. The molecule has 0 heterocycles. The first kappa shape index (κ1) is 15.5. The molecule has 0 atom stereocenters. The van der Waals surface area contributed by atoms with Gasteiger partial charge in [-0.05, 0) is 42.8 Å². The van der Waals surface area contributed by atoms with E-state index in [0.717, 1.165) is 5.56 Å². The van der Waals surface area contributed by atoms with Crippen molar-refractivity contribution in [1.29, 1.82) is 0 Å². The number of rotatable bonds is 6. The third-order valence-corrected chi connectivity index (χ3v) is 3.20. The lowest BCUT2D eigenvalue weighted by atomic mass is 10.0. The number of carbonyl (C=O) groups is 1. The van der Waals surface area contributed by atoms with Gasteiger partial charge in [0.25, 0.3) is 0 Å². The number of ether oxygens (including phenoxy) is 2. The Balaban J connectivity index is 2.30. The Morgan fingerprint density at radius 3 is 2.62 bits per heavy atom. The van der Waals surface area contributed by atoms with E-state index in [1.165, 1.54) is 0 Å². The number of hydrogen-bond donors (Lipinski definition) is 0. The van der Waals surface area contributed by atoms with E-state index < -0.39 is 0 Å². The van der Waals surface area contributed by atoms with E-state index in [0.29, 0.717) is 35.1 Å². The van der Waals surface area contributed by atoms with Gasteiger partial charge in [-0.3, -0.25) is 4.79 Å². The standard InChI is InChI=1S/C17H17ClO3/c1-12-9-13(11-14(18)10-12)17(19)15-5-3-4-6-16(15)21-8-7-20-2/h3-6,9-11H,7-8H2,1-2H3. The van der Waals surface area contributed by atoms with Crippen molar-refractivity contribution in [3.63, 3.8) is 0 Å². The Morgan fingerprint density at radius 2 is 1.90 bits per heavy atom. The second-order valence-electron chi connectivity index (χ2n) is 4.68. The molecule has 0 N–H and O–H groups in total. The molecule has 4 heteroatoms. The Labute approximate surface area is 129 Å². The van der Waals surface area contributed by atoms with Crippen LogP contribution in [0.15, 0.2) is 42.5 Å². The number of carbonyl (C=O) groups excluding carboxylic acids is 1. The molecule has 0 aliphatic carbocycles. The Bertz CT molecular complexity index is 617. The quantitative estimate of drug-likeness (QED) is 0.599. The number of methoxy groups -OCH3 is 1. The summed E-state index contributed by atoms with van der Waals surface area (Å²) < 4.78 is 10.6. The van der Waals surface area contributed by atoms with Crippen LogP contribution in [0.5, 0.6) is 5.75 Å². The van der Waals surface area contributed by atoms with Crippen molar-refractivity contribution < 1.29 is 14.3 Å². The van der Waals surface area contributed by atoms with Crippen molar-refractivity contribution in [1.82, 2.24) is 0 Å². The van der Waals surface area contributed by atoms with Crippen LogP contribution in [0, 0.1) is 6.92 Å². The summed E-state index contributed by atoms with van der Waals surface area (Å²) in [5.41, 5.74) is 2.03. The summed E-state index contributed by atoms with van der Waals surface area (Å²) in [6.07, 6.45) is 0. The van der Waals surface area contributed by atoms with Crippen molar-refractivity contribution in [2.24, 2.45) is 0 Å². The summed E-state index contributed by atoms with van der Waals surface area (Å²) in [6.45, 7) is 2.78. The second-order valence-corrected chi connectivity index (χ2v) is 5.12.